The fraction of sp³-hybridized carbons (Fsp3) is 0.217. The van der Waals surface area contributed by atoms with Crippen LogP contribution in [0.2, 0.25) is 0 Å². The van der Waals surface area contributed by atoms with Crippen molar-refractivity contribution in [3.8, 4) is 22.3 Å². The van der Waals surface area contributed by atoms with Gasteiger partial charge in [0.25, 0.3) is 0 Å². The molecule has 26 heavy (non-hydrogen) atoms. The first kappa shape index (κ1) is 18.1. The summed E-state index contributed by atoms with van der Waals surface area (Å²) in [4.78, 5) is 0. The van der Waals surface area contributed by atoms with Gasteiger partial charge in [-0.05, 0) is 36.6 Å². The fourth-order valence-electron chi connectivity index (χ4n) is 2.91. The third kappa shape index (κ3) is 3.93. The van der Waals surface area contributed by atoms with Crippen LogP contribution in [-0.2, 0) is 0 Å². The molecular formula is C23H23F2N. The number of halogens is 2. The van der Waals surface area contributed by atoms with Crippen molar-refractivity contribution in [3.63, 3.8) is 0 Å². The largest absolute Gasteiger partial charge is 0.385 e. The summed E-state index contributed by atoms with van der Waals surface area (Å²) in [5.74, 6) is -1.62. The number of nitrogens with one attached hydrogen (secondary N) is 1. The molecule has 3 aromatic carbocycles. The molecule has 0 aliphatic carbocycles. The van der Waals surface area contributed by atoms with Gasteiger partial charge in [0, 0.05) is 23.4 Å². The van der Waals surface area contributed by atoms with Crippen molar-refractivity contribution in [1.82, 2.24) is 0 Å². The van der Waals surface area contributed by atoms with Gasteiger partial charge in [-0.3, -0.25) is 0 Å². The molecule has 0 saturated carbocycles. The summed E-state index contributed by atoms with van der Waals surface area (Å²) < 4.78 is 29.3. The van der Waals surface area contributed by atoms with Gasteiger partial charge in [0.15, 0.2) is 11.6 Å². The third-order valence-corrected chi connectivity index (χ3v) is 4.50. The van der Waals surface area contributed by atoms with E-state index in [4.69, 9.17) is 0 Å². The van der Waals surface area contributed by atoms with E-state index >= 15 is 0 Å². The lowest BCUT2D eigenvalue weighted by molar-refractivity contribution is 0.514. The lowest BCUT2D eigenvalue weighted by Crippen LogP contribution is -2.00. The Morgan fingerprint density at radius 3 is 1.73 bits per heavy atom. The summed E-state index contributed by atoms with van der Waals surface area (Å²) >= 11 is 0. The van der Waals surface area contributed by atoms with Gasteiger partial charge in [0.2, 0.25) is 0 Å². The van der Waals surface area contributed by atoms with Crippen LogP contribution in [0.5, 0.6) is 0 Å². The van der Waals surface area contributed by atoms with Crippen LogP contribution in [-0.4, -0.2) is 6.54 Å². The molecule has 0 bridgehead atoms. The second kappa shape index (κ2) is 8.13. The van der Waals surface area contributed by atoms with E-state index in [0.29, 0.717) is 11.1 Å². The minimum Gasteiger partial charge on any atom is -0.385 e. The molecule has 0 saturated heterocycles. The maximum atomic E-state index is 14.7. The molecule has 1 nitrogen and oxygen atoms in total. The highest BCUT2D eigenvalue weighted by molar-refractivity contribution is 5.72. The topological polar surface area (TPSA) is 12.0 Å². The standard InChI is InChI=1S/C23H23F2N/c1-3-4-15-26-19-11-9-18(10-12-19)21-14-13-20(22(24)23(21)25)17-7-5-16(2)6-8-17/h5-14,26H,3-4,15H2,1-2H3. The van der Waals surface area contributed by atoms with Crippen LogP contribution in [0.4, 0.5) is 14.5 Å². The molecule has 0 aliphatic heterocycles. The number of benzene rings is 3. The summed E-state index contributed by atoms with van der Waals surface area (Å²) in [6.07, 6.45) is 2.23. The van der Waals surface area contributed by atoms with E-state index in [0.717, 1.165) is 30.6 Å². The third-order valence-electron chi connectivity index (χ3n) is 4.50. The predicted molar refractivity (Wildman–Crippen MR) is 105 cm³/mol. The van der Waals surface area contributed by atoms with Gasteiger partial charge in [0.1, 0.15) is 0 Å². The molecule has 0 radical (unpaired) electrons. The summed E-state index contributed by atoms with van der Waals surface area (Å²) in [7, 11) is 0. The zero-order valence-corrected chi connectivity index (χ0v) is 15.2. The van der Waals surface area contributed by atoms with Crippen LogP contribution < -0.4 is 5.32 Å². The first-order valence-electron chi connectivity index (χ1n) is 8.99. The molecule has 134 valence electrons. The summed E-state index contributed by atoms with van der Waals surface area (Å²) in [5, 5.41) is 3.32. The van der Waals surface area contributed by atoms with Crippen molar-refractivity contribution in [2.24, 2.45) is 0 Å². The molecule has 0 atom stereocenters. The second-order valence-electron chi connectivity index (χ2n) is 6.51. The SMILES string of the molecule is CCCCNc1ccc(-c2ccc(-c3ccc(C)cc3)c(F)c2F)cc1. The maximum absolute atomic E-state index is 14.7. The monoisotopic (exact) mass is 351 g/mol. The zero-order valence-electron chi connectivity index (χ0n) is 15.2. The first-order valence-corrected chi connectivity index (χ1v) is 8.99. The molecule has 0 aromatic heterocycles. The highest BCUT2D eigenvalue weighted by Crippen LogP contribution is 2.32. The van der Waals surface area contributed by atoms with Gasteiger partial charge in [-0.1, -0.05) is 67.4 Å². The van der Waals surface area contributed by atoms with E-state index in [-0.39, 0.29) is 11.1 Å². The maximum Gasteiger partial charge on any atom is 0.167 e. The number of anilines is 1. The normalized spacial score (nSPS) is 10.8. The summed E-state index contributed by atoms with van der Waals surface area (Å²) in [6, 6.07) is 18.1. The van der Waals surface area contributed by atoms with Gasteiger partial charge in [0.05, 0.1) is 0 Å². The smallest absolute Gasteiger partial charge is 0.167 e. The van der Waals surface area contributed by atoms with Crippen molar-refractivity contribution < 1.29 is 8.78 Å². The Morgan fingerprint density at radius 1 is 0.731 bits per heavy atom. The first-order chi connectivity index (χ1) is 12.6. The lowest BCUT2D eigenvalue weighted by atomic mass is 9.98. The summed E-state index contributed by atoms with van der Waals surface area (Å²) in [6.45, 7) is 5.01. The van der Waals surface area contributed by atoms with Crippen molar-refractivity contribution >= 4 is 5.69 Å². The molecule has 0 amide bonds. The van der Waals surface area contributed by atoms with Crippen LogP contribution in [0.15, 0.2) is 60.7 Å². The van der Waals surface area contributed by atoms with E-state index in [9.17, 15) is 8.78 Å². The number of rotatable bonds is 6. The molecule has 3 aromatic rings. The Labute approximate surface area is 153 Å². The molecule has 0 unspecified atom stereocenters. The van der Waals surface area contributed by atoms with Gasteiger partial charge < -0.3 is 5.32 Å². The molecule has 0 fully saturated rings. The molecule has 0 heterocycles. The van der Waals surface area contributed by atoms with Gasteiger partial charge in [-0.15, -0.1) is 0 Å². The van der Waals surface area contributed by atoms with Gasteiger partial charge in [-0.2, -0.15) is 0 Å². The highest BCUT2D eigenvalue weighted by Gasteiger charge is 2.15. The number of aryl methyl sites for hydroxylation is 1. The Balaban J connectivity index is 1.87. The van der Waals surface area contributed by atoms with Crippen LogP contribution in [0.25, 0.3) is 22.3 Å². The van der Waals surface area contributed by atoms with Crippen LogP contribution >= 0.6 is 0 Å². The van der Waals surface area contributed by atoms with Crippen molar-refractivity contribution in [2.45, 2.75) is 26.7 Å². The fourth-order valence-corrected chi connectivity index (χ4v) is 2.91. The van der Waals surface area contributed by atoms with E-state index in [1.165, 1.54) is 0 Å². The van der Waals surface area contributed by atoms with Crippen molar-refractivity contribution in [1.29, 1.82) is 0 Å². The van der Waals surface area contributed by atoms with Crippen molar-refractivity contribution in [3.05, 3.63) is 77.9 Å². The average molecular weight is 351 g/mol. The van der Waals surface area contributed by atoms with Gasteiger partial charge in [-0.25, -0.2) is 8.78 Å². The molecular weight excluding hydrogens is 328 g/mol. The van der Waals surface area contributed by atoms with Crippen LogP contribution in [0.3, 0.4) is 0 Å². The molecule has 3 heteroatoms. The summed E-state index contributed by atoms with van der Waals surface area (Å²) in [5.41, 5.74) is 3.97. The highest BCUT2D eigenvalue weighted by atomic mass is 19.2. The molecule has 3 rings (SSSR count). The van der Waals surface area contributed by atoms with E-state index < -0.39 is 11.6 Å². The molecule has 0 aliphatic rings. The molecule has 0 spiro atoms. The number of unbranched alkanes of at least 4 members (excludes halogenated alkanes) is 1. The Bertz CT molecular complexity index is 868. The Kier molecular flexibility index (Phi) is 5.67. The zero-order chi connectivity index (χ0) is 18.5. The number of hydrogen-bond acceptors (Lipinski definition) is 1. The minimum absolute atomic E-state index is 0.276. The van der Waals surface area contributed by atoms with Crippen LogP contribution in [0, 0.1) is 18.6 Å². The van der Waals surface area contributed by atoms with Gasteiger partial charge >= 0.3 is 0 Å². The minimum atomic E-state index is -0.810. The lowest BCUT2D eigenvalue weighted by Gasteiger charge is -2.11. The van der Waals surface area contributed by atoms with Crippen molar-refractivity contribution in [2.75, 3.05) is 11.9 Å². The second-order valence-corrected chi connectivity index (χ2v) is 6.51. The Morgan fingerprint density at radius 2 is 1.23 bits per heavy atom. The van der Waals surface area contributed by atoms with E-state index in [2.05, 4.69) is 12.2 Å². The average Bonchev–Trinajstić information content (AvgIpc) is 2.66. The predicted octanol–water partition coefficient (Wildman–Crippen LogP) is 6.82. The quantitative estimate of drug-likeness (QED) is 0.481. The van der Waals surface area contributed by atoms with Crippen LogP contribution in [0.1, 0.15) is 25.3 Å². The number of hydrogen-bond donors (Lipinski definition) is 1. The molecule has 1 N–H and O–H groups in total. The van der Waals surface area contributed by atoms with E-state index in [1.54, 1.807) is 12.1 Å². The van der Waals surface area contributed by atoms with E-state index in [1.807, 2.05) is 55.5 Å². The Hall–Kier alpha value is -2.68.